The summed E-state index contributed by atoms with van der Waals surface area (Å²) in [5, 5.41) is 22.1. The molecule has 0 saturated heterocycles. The molecule has 0 aromatic heterocycles. The van der Waals surface area contributed by atoms with Crippen LogP contribution in [0.25, 0.3) is 0 Å². The van der Waals surface area contributed by atoms with Crippen molar-refractivity contribution in [2.45, 2.75) is 38.5 Å². The van der Waals surface area contributed by atoms with Crippen molar-refractivity contribution in [2.75, 3.05) is 0 Å². The molecular weight excluding hydrogens is 612 g/mol. The van der Waals surface area contributed by atoms with Crippen LogP contribution in [0.4, 0.5) is 11.4 Å². The Balaban J connectivity index is 1.25. The van der Waals surface area contributed by atoms with E-state index in [1.165, 1.54) is 48.5 Å². The third kappa shape index (κ3) is 7.13. The summed E-state index contributed by atoms with van der Waals surface area (Å²) in [6.45, 7) is 8.41. The molecule has 0 aliphatic rings. The van der Waals surface area contributed by atoms with Crippen LogP contribution in [0.3, 0.4) is 0 Å². The molecule has 5 rings (SSSR count). The number of rotatable bonds is 10. The molecule has 0 fully saturated rings. The number of nitro benzene ring substituents is 2. The molecule has 0 saturated carbocycles. The first-order valence-electron chi connectivity index (χ1n) is 15.0. The lowest BCUT2D eigenvalue weighted by Gasteiger charge is -2.29. The molecule has 242 valence electrons. The SMILES string of the molecule is CC(C)(c1ccc(OC(=O)c2cccc([N+](=O)[O-])c2)cc1)c1ccc(C(C)(C)c2ccc(OC(=O)c3cccc([N+](=O)[O-])c3)cc2)cc1. The van der Waals surface area contributed by atoms with Crippen molar-refractivity contribution in [1.29, 1.82) is 0 Å². The maximum absolute atomic E-state index is 12.6. The highest BCUT2D eigenvalue weighted by atomic mass is 16.6. The number of nitro groups is 2. The van der Waals surface area contributed by atoms with Gasteiger partial charge in [0.2, 0.25) is 0 Å². The minimum absolute atomic E-state index is 0.0918. The number of carbonyl (C=O) groups is 2. The van der Waals surface area contributed by atoms with Gasteiger partial charge in [0, 0.05) is 35.1 Å². The van der Waals surface area contributed by atoms with Crippen LogP contribution in [0.2, 0.25) is 0 Å². The molecule has 48 heavy (non-hydrogen) atoms. The summed E-state index contributed by atoms with van der Waals surface area (Å²) >= 11 is 0. The topological polar surface area (TPSA) is 139 Å². The summed E-state index contributed by atoms with van der Waals surface area (Å²) in [5.41, 5.74) is 3.20. The summed E-state index contributed by atoms with van der Waals surface area (Å²) in [6.07, 6.45) is 0. The van der Waals surface area contributed by atoms with E-state index in [1.807, 2.05) is 24.3 Å². The summed E-state index contributed by atoms with van der Waals surface area (Å²) in [7, 11) is 0. The van der Waals surface area contributed by atoms with Gasteiger partial charge in [-0.05, 0) is 58.7 Å². The normalized spacial score (nSPS) is 11.4. The quantitative estimate of drug-likeness (QED) is 0.0637. The molecule has 5 aromatic rings. The predicted octanol–water partition coefficient (Wildman–Crippen LogP) is 8.59. The number of ether oxygens (including phenoxy) is 2. The average Bonchev–Trinajstić information content (AvgIpc) is 3.09. The summed E-state index contributed by atoms with van der Waals surface area (Å²) in [6, 6.07) is 33.5. The van der Waals surface area contributed by atoms with E-state index >= 15 is 0 Å². The highest BCUT2D eigenvalue weighted by Gasteiger charge is 2.27. The predicted molar refractivity (Wildman–Crippen MR) is 180 cm³/mol. The van der Waals surface area contributed by atoms with Crippen LogP contribution in [0.1, 0.15) is 70.7 Å². The van der Waals surface area contributed by atoms with Crippen LogP contribution in [-0.4, -0.2) is 21.8 Å². The number of hydrogen-bond acceptors (Lipinski definition) is 8. The van der Waals surface area contributed by atoms with Crippen LogP contribution < -0.4 is 9.47 Å². The molecule has 0 amide bonds. The highest BCUT2D eigenvalue weighted by Crippen LogP contribution is 2.37. The minimum atomic E-state index is -0.681. The van der Waals surface area contributed by atoms with E-state index in [1.54, 1.807) is 24.3 Å². The lowest BCUT2D eigenvalue weighted by Crippen LogP contribution is -2.21. The van der Waals surface area contributed by atoms with Crippen LogP contribution in [0.5, 0.6) is 11.5 Å². The van der Waals surface area contributed by atoms with Gasteiger partial charge in [0.25, 0.3) is 11.4 Å². The molecule has 10 nitrogen and oxygen atoms in total. The van der Waals surface area contributed by atoms with E-state index in [0.717, 1.165) is 22.3 Å². The van der Waals surface area contributed by atoms with Gasteiger partial charge in [0.05, 0.1) is 21.0 Å². The molecule has 10 heteroatoms. The lowest BCUT2D eigenvalue weighted by atomic mass is 9.74. The van der Waals surface area contributed by atoms with Gasteiger partial charge in [-0.2, -0.15) is 0 Å². The monoisotopic (exact) mass is 644 g/mol. The smallest absolute Gasteiger partial charge is 0.343 e. The molecule has 0 spiro atoms. The molecule has 0 bridgehead atoms. The Morgan fingerprint density at radius 3 is 1.08 bits per heavy atom. The van der Waals surface area contributed by atoms with E-state index in [0.29, 0.717) is 11.5 Å². The zero-order valence-electron chi connectivity index (χ0n) is 26.7. The van der Waals surface area contributed by atoms with E-state index in [9.17, 15) is 29.8 Å². The fourth-order valence-corrected chi connectivity index (χ4v) is 5.34. The maximum Gasteiger partial charge on any atom is 0.343 e. The Kier molecular flexibility index (Phi) is 9.19. The summed E-state index contributed by atoms with van der Waals surface area (Å²) in [5.74, 6) is -0.707. The van der Waals surface area contributed by atoms with Crippen molar-refractivity contribution in [2.24, 2.45) is 0 Å². The molecule has 0 atom stereocenters. The third-order valence-electron chi connectivity index (χ3n) is 8.49. The number of non-ortho nitro benzene ring substituents is 2. The summed E-state index contributed by atoms with van der Waals surface area (Å²) in [4.78, 5) is 46.1. The number of nitrogens with zero attached hydrogens (tertiary/aromatic N) is 2. The molecule has 0 N–H and O–H groups in total. The standard InChI is InChI=1S/C38H32N2O8/c1-37(2,29-15-19-33(20-16-29)47-35(41)25-7-5-9-31(23-25)39(43)44)27-11-13-28(14-12-27)38(3,4)30-17-21-34(22-18-30)48-36(42)26-8-6-10-32(24-26)40(45)46/h5-24H,1-4H3. The van der Waals surface area contributed by atoms with Crippen LogP contribution >= 0.6 is 0 Å². The Labute approximate surface area is 276 Å². The Hall–Kier alpha value is -6.16. The molecule has 0 aliphatic carbocycles. The fraction of sp³-hybridized carbons (Fsp3) is 0.158. The number of hydrogen-bond donors (Lipinski definition) is 0. The molecule has 0 heterocycles. The van der Waals surface area contributed by atoms with Crippen molar-refractivity contribution < 1.29 is 28.9 Å². The third-order valence-corrected chi connectivity index (χ3v) is 8.49. The van der Waals surface area contributed by atoms with Crippen molar-refractivity contribution in [3.63, 3.8) is 0 Å². The van der Waals surface area contributed by atoms with Gasteiger partial charge in [-0.3, -0.25) is 20.2 Å². The van der Waals surface area contributed by atoms with E-state index in [4.69, 9.17) is 9.47 Å². The Morgan fingerprint density at radius 2 is 0.792 bits per heavy atom. The minimum Gasteiger partial charge on any atom is -0.423 e. The van der Waals surface area contributed by atoms with Crippen LogP contribution in [0.15, 0.2) is 121 Å². The first-order valence-corrected chi connectivity index (χ1v) is 15.0. The highest BCUT2D eigenvalue weighted by molar-refractivity contribution is 5.92. The van der Waals surface area contributed by atoms with Gasteiger partial charge in [-0.25, -0.2) is 9.59 Å². The molecule has 0 radical (unpaired) electrons. The van der Waals surface area contributed by atoms with Crippen LogP contribution in [-0.2, 0) is 10.8 Å². The van der Waals surface area contributed by atoms with Crippen molar-refractivity contribution in [1.82, 2.24) is 0 Å². The van der Waals surface area contributed by atoms with Gasteiger partial charge in [0.15, 0.2) is 0 Å². The van der Waals surface area contributed by atoms with Gasteiger partial charge in [0.1, 0.15) is 11.5 Å². The molecule has 0 unspecified atom stereocenters. The van der Waals surface area contributed by atoms with Gasteiger partial charge in [-0.1, -0.05) is 88.4 Å². The van der Waals surface area contributed by atoms with E-state index < -0.39 is 21.8 Å². The summed E-state index contributed by atoms with van der Waals surface area (Å²) < 4.78 is 10.9. The average molecular weight is 645 g/mol. The number of benzene rings is 5. The molecule has 5 aromatic carbocycles. The second-order valence-electron chi connectivity index (χ2n) is 12.3. The lowest BCUT2D eigenvalue weighted by molar-refractivity contribution is -0.385. The largest absolute Gasteiger partial charge is 0.423 e. The van der Waals surface area contributed by atoms with E-state index in [2.05, 4.69) is 52.0 Å². The molecular formula is C38H32N2O8. The maximum atomic E-state index is 12.6. The van der Waals surface area contributed by atoms with Gasteiger partial charge < -0.3 is 9.47 Å². The number of carbonyl (C=O) groups excluding carboxylic acids is 2. The van der Waals surface area contributed by atoms with Crippen molar-refractivity contribution >= 4 is 23.3 Å². The zero-order valence-corrected chi connectivity index (χ0v) is 26.7. The van der Waals surface area contributed by atoms with Crippen molar-refractivity contribution in [3.05, 3.63) is 175 Å². The van der Waals surface area contributed by atoms with Gasteiger partial charge in [-0.15, -0.1) is 0 Å². The van der Waals surface area contributed by atoms with Crippen molar-refractivity contribution in [3.8, 4) is 11.5 Å². The fourth-order valence-electron chi connectivity index (χ4n) is 5.34. The first kappa shape index (κ1) is 33.2. The number of esters is 2. The van der Waals surface area contributed by atoms with Crippen LogP contribution in [0, 0.1) is 20.2 Å². The Morgan fingerprint density at radius 1 is 0.500 bits per heavy atom. The Bertz CT molecular complexity index is 1850. The second-order valence-corrected chi connectivity index (χ2v) is 12.3. The zero-order chi connectivity index (χ0) is 34.6. The first-order chi connectivity index (χ1) is 22.8. The van der Waals surface area contributed by atoms with Gasteiger partial charge >= 0.3 is 11.9 Å². The molecule has 0 aliphatic heterocycles. The second kappa shape index (κ2) is 13.3. The van der Waals surface area contributed by atoms with E-state index in [-0.39, 0.29) is 33.3 Å².